The van der Waals surface area contributed by atoms with Gasteiger partial charge in [-0.3, -0.25) is 4.90 Å². The molecule has 0 saturated carbocycles. The number of aryl methyl sites for hydroxylation is 1. The van der Waals surface area contributed by atoms with Gasteiger partial charge >= 0.3 is 0 Å². The maximum Gasteiger partial charge on any atom is 0.222 e. The van der Waals surface area contributed by atoms with Crippen molar-refractivity contribution in [3.05, 3.63) is 36.2 Å². The van der Waals surface area contributed by atoms with Gasteiger partial charge in [-0.2, -0.15) is 0 Å². The van der Waals surface area contributed by atoms with E-state index in [9.17, 15) is 0 Å². The van der Waals surface area contributed by atoms with Crippen LogP contribution in [0.4, 0.5) is 5.95 Å². The third-order valence-corrected chi connectivity index (χ3v) is 4.34. The second kappa shape index (κ2) is 6.87. The van der Waals surface area contributed by atoms with Crippen LogP contribution >= 0.6 is 0 Å². The summed E-state index contributed by atoms with van der Waals surface area (Å²) in [6, 6.07) is 2.39. The molecule has 22 heavy (non-hydrogen) atoms. The number of rotatable bonds is 5. The van der Waals surface area contributed by atoms with Crippen LogP contribution in [0.25, 0.3) is 0 Å². The lowest BCUT2D eigenvalue weighted by atomic mass is 9.99. The van der Waals surface area contributed by atoms with Crippen LogP contribution in [0, 0.1) is 0 Å². The Morgan fingerprint density at radius 1 is 1.27 bits per heavy atom. The summed E-state index contributed by atoms with van der Waals surface area (Å²) in [5, 5.41) is 3.03. The molecule has 0 radical (unpaired) electrons. The molecular weight excluding hydrogens is 276 g/mol. The average molecular weight is 300 g/mol. The lowest BCUT2D eigenvalue weighted by Crippen LogP contribution is -2.34. The molecular formula is C16H24N6. The van der Waals surface area contributed by atoms with E-state index in [4.69, 9.17) is 0 Å². The van der Waals surface area contributed by atoms with Crippen LogP contribution in [-0.2, 0) is 13.1 Å². The van der Waals surface area contributed by atoms with E-state index in [1.165, 1.54) is 12.8 Å². The summed E-state index contributed by atoms with van der Waals surface area (Å²) in [6.45, 7) is 5.10. The molecule has 3 heterocycles. The molecule has 0 aliphatic carbocycles. The van der Waals surface area contributed by atoms with E-state index in [2.05, 4.69) is 42.9 Å². The van der Waals surface area contributed by atoms with Gasteiger partial charge in [-0.1, -0.05) is 6.42 Å². The van der Waals surface area contributed by atoms with E-state index in [0.29, 0.717) is 12.0 Å². The van der Waals surface area contributed by atoms with Crippen molar-refractivity contribution in [2.45, 2.75) is 45.3 Å². The van der Waals surface area contributed by atoms with Gasteiger partial charge in [-0.05, 0) is 32.4 Å². The minimum atomic E-state index is 0.353. The van der Waals surface area contributed by atoms with Gasteiger partial charge in [0, 0.05) is 32.2 Å². The molecule has 0 amide bonds. The largest absolute Gasteiger partial charge is 0.357 e. The molecule has 1 N–H and O–H groups in total. The topological polar surface area (TPSA) is 58.9 Å². The first-order valence-electron chi connectivity index (χ1n) is 8.06. The molecule has 0 aromatic carbocycles. The third kappa shape index (κ3) is 3.11. The average Bonchev–Trinajstić information content (AvgIpc) is 3.02. The number of hydrogen-bond donors (Lipinski definition) is 1. The predicted molar refractivity (Wildman–Crippen MR) is 86.5 cm³/mol. The SMILES string of the molecule is CCn1ccnc1CN1CCCC[C@H]1c1ccnc(NC)n1. The summed E-state index contributed by atoms with van der Waals surface area (Å²) < 4.78 is 2.21. The van der Waals surface area contributed by atoms with Crippen molar-refractivity contribution in [3.63, 3.8) is 0 Å². The van der Waals surface area contributed by atoms with Crippen LogP contribution in [0.5, 0.6) is 0 Å². The quantitative estimate of drug-likeness (QED) is 0.919. The fourth-order valence-corrected chi connectivity index (χ4v) is 3.16. The highest BCUT2D eigenvalue weighted by atomic mass is 15.2. The van der Waals surface area contributed by atoms with Crippen molar-refractivity contribution in [2.24, 2.45) is 0 Å². The van der Waals surface area contributed by atoms with Crippen molar-refractivity contribution in [2.75, 3.05) is 18.9 Å². The number of aromatic nitrogens is 4. The Labute approximate surface area is 131 Å². The summed E-state index contributed by atoms with van der Waals surface area (Å²) in [5.74, 6) is 1.83. The van der Waals surface area contributed by atoms with Crippen molar-refractivity contribution >= 4 is 5.95 Å². The summed E-state index contributed by atoms with van der Waals surface area (Å²) >= 11 is 0. The maximum atomic E-state index is 4.65. The van der Waals surface area contributed by atoms with Gasteiger partial charge in [0.2, 0.25) is 5.95 Å². The van der Waals surface area contributed by atoms with Crippen molar-refractivity contribution in [1.82, 2.24) is 24.4 Å². The number of hydrogen-bond acceptors (Lipinski definition) is 5. The molecule has 118 valence electrons. The highest BCUT2D eigenvalue weighted by Gasteiger charge is 2.26. The number of nitrogens with one attached hydrogen (secondary N) is 1. The molecule has 2 aromatic heterocycles. The molecule has 0 spiro atoms. The standard InChI is InChI=1S/C16H24N6/c1-3-21-11-9-18-15(21)12-22-10-5-4-6-14(22)13-7-8-19-16(17-2)20-13/h7-9,11,14H,3-6,10,12H2,1-2H3,(H,17,19,20)/t14-/m0/s1. The third-order valence-electron chi connectivity index (χ3n) is 4.34. The minimum absolute atomic E-state index is 0.353. The molecule has 6 nitrogen and oxygen atoms in total. The molecule has 1 fully saturated rings. The number of nitrogens with zero attached hydrogens (tertiary/aromatic N) is 5. The van der Waals surface area contributed by atoms with E-state index in [1.807, 2.05) is 25.5 Å². The zero-order valence-corrected chi connectivity index (χ0v) is 13.4. The number of imidazole rings is 1. The highest BCUT2D eigenvalue weighted by molar-refractivity contribution is 5.25. The molecule has 6 heteroatoms. The smallest absolute Gasteiger partial charge is 0.222 e. The van der Waals surface area contributed by atoms with E-state index in [1.54, 1.807) is 0 Å². The Morgan fingerprint density at radius 2 is 2.18 bits per heavy atom. The molecule has 0 unspecified atom stereocenters. The summed E-state index contributed by atoms with van der Waals surface area (Å²) in [5.41, 5.74) is 1.11. The van der Waals surface area contributed by atoms with Crippen LogP contribution in [0.3, 0.4) is 0 Å². The fourth-order valence-electron chi connectivity index (χ4n) is 3.16. The Morgan fingerprint density at radius 3 is 3.00 bits per heavy atom. The minimum Gasteiger partial charge on any atom is -0.357 e. The molecule has 1 atom stereocenters. The van der Waals surface area contributed by atoms with Gasteiger partial charge in [0.15, 0.2) is 0 Å². The van der Waals surface area contributed by atoms with E-state index < -0.39 is 0 Å². The van der Waals surface area contributed by atoms with Crippen LogP contribution in [0.15, 0.2) is 24.7 Å². The first-order valence-corrected chi connectivity index (χ1v) is 8.06. The number of anilines is 1. The monoisotopic (exact) mass is 300 g/mol. The van der Waals surface area contributed by atoms with Gasteiger partial charge in [0.1, 0.15) is 5.82 Å². The van der Waals surface area contributed by atoms with E-state index in [0.717, 1.165) is 37.6 Å². The molecule has 3 rings (SSSR count). The number of piperidine rings is 1. The van der Waals surface area contributed by atoms with E-state index in [-0.39, 0.29) is 0 Å². The van der Waals surface area contributed by atoms with Gasteiger partial charge in [-0.15, -0.1) is 0 Å². The van der Waals surface area contributed by atoms with Gasteiger partial charge < -0.3 is 9.88 Å². The number of likely N-dealkylation sites (tertiary alicyclic amines) is 1. The lowest BCUT2D eigenvalue weighted by Gasteiger charge is -2.35. The molecule has 2 aromatic rings. The molecule has 0 bridgehead atoms. The van der Waals surface area contributed by atoms with Crippen molar-refractivity contribution in [3.8, 4) is 0 Å². The van der Waals surface area contributed by atoms with Gasteiger partial charge in [-0.25, -0.2) is 15.0 Å². The Kier molecular flexibility index (Phi) is 4.68. The lowest BCUT2D eigenvalue weighted by molar-refractivity contribution is 0.132. The molecule has 1 saturated heterocycles. The predicted octanol–water partition coefficient (Wildman–Crippen LogP) is 2.46. The van der Waals surface area contributed by atoms with E-state index >= 15 is 0 Å². The van der Waals surface area contributed by atoms with Crippen molar-refractivity contribution < 1.29 is 0 Å². The Balaban J connectivity index is 1.81. The van der Waals surface area contributed by atoms with Gasteiger partial charge in [0.25, 0.3) is 0 Å². The van der Waals surface area contributed by atoms with Crippen LogP contribution in [0.2, 0.25) is 0 Å². The van der Waals surface area contributed by atoms with Crippen LogP contribution in [-0.4, -0.2) is 38.0 Å². The molecule has 1 aliphatic rings. The van der Waals surface area contributed by atoms with Crippen LogP contribution in [0.1, 0.15) is 43.7 Å². The summed E-state index contributed by atoms with van der Waals surface area (Å²) in [4.78, 5) is 15.9. The van der Waals surface area contributed by atoms with Crippen LogP contribution < -0.4 is 5.32 Å². The fraction of sp³-hybridized carbons (Fsp3) is 0.562. The highest BCUT2D eigenvalue weighted by Crippen LogP contribution is 2.31. The maximum absolute atomic E-state index is 4.65. The first kappa shape index (κ1) is 15.0. The summed E-state index contributed by atoms with van der Waals surface area (Å²) in [7, 11) is 1.86. The summed E-state index contributed by atoms with van der Waals surface area (Å²) in [6.07, 6.45) is 9.43. The van der Waals surface area contributed by atoms with Crippen molar-refractivity contribution in [1.29, 1.82) is 0 Å². The second-order valence-corrected chi connectivity index (χ2v) is 5.67. The van der Waals surface area contributed by atoms with Gasteiger partial charge in [0.05, 0.1) is 18.3 Å². The molecule has 1 aliphatic heterocycles. The second-order valence-electron chi connectivity index (χ2n) is 5.67. The first-order chi connectivity index (χ1) is 10.8. The zero-order chi connectivity index (χ0) is 15.4. The Bertz CT molecular complexity index is 608. The Hall–Kier alpha value is -1.95. The normalized spacial score (nSPS) is 19.3. The zero-order valence-electron chi connectivity index (χ0n) is 13.4.